The average Bonchev–Trinajstić information content (AvgIpc) is 3.27. The van der Waals surface area contributed by atoms with Crippen LogP contribution in [-0.2, 0) is 4.79 Å². The van der Waals surface area contributed by atoms with E-state index in [4.69, 9.17) is 0 Å². The van der Waals surface area contributed by atoms with Gasteiger partial charge in [0.15, 0.2) is 5.78 Å². The number of hydrogen-bond donors (Lipinski definition) is 0. The Balaban J connectivity index is 1.94. The SMILES string of the molecule is N#C[C@@H](C1=NC(=O)CS1)[C@H](CC(=O)c1cccs1)c1ccc(F)cc1. The molecule has 0 spiro atoms. The predicted octanol–water partition coefficient (Wildman–Crippen LogP) is 4.06. The number of carbonyl (C=O) groups is 2. The quantitative estimate of drug-likeness (QED) is 0.717. The average molecular weight is 372 g/mol. The van der Waals surface area contributed by atoms with E-state index in [1.807, 2.05) is 5.38 Å². The van der Waals surface area contributed by atoms with Crippen LogP contribution in [0.15, 0.2) is 46.8 Å². The van der Waals surface area contributed by atoms with Crippen molar-refractivity contribution in [2.45, 2.75) is 12.3 Å². The summed E-state index contributed by atoms with van der Waals surface area (Å²) in [6.07, 6.45) is 0.0954. The van der Waals surface area contributed by atoms with Crippen molar-refractivity contribution in [3.63, 3.8) is 0 Å². The van der Waals surface area contributed by atoms with Crippen LogP contribution in [0.1, 0.15) is 27.6 Å². The van der Waals surface area contributed by atoms with E-state index in [-0.39, 0.29) is 29.7 Å². The van der Waals surface area contributed by atoms with Crippen molar-refractivity contribution >= 4 is 39.8 Å². The van der Waals surface area contributed by atoms with E-state index in [1.54, 1.807) is 24.3 Å². The van der Waals surface area contributed by atoms with Gasteiger partial charge in [-0.05, 0) is 29.1 Å². The number of amides is 1. The smallest absolute Gasteiger partial charge is 0.256 e. The summed E-state index contributed by atoms with van der Waals surface area (Å²) in [6.45, 7) is 0. The summed E-state index contributed by atoms with van der Waals surface area (Å²) in [5, 5.41) is 11.9. The minimum atomic E-state index is -0.717. The third-order valence-electron chi connectivity index (χ3n) is 3.89. The largest absolute Gasteiger partial charge is 0.293 e. The van der Waals surface area contributed by atoms with Crippen molar-refractivity contribution in [2.24, 2.45) is 10.9 Å². The lowest BCUT2D eigenvalue weighted by Gasteiger charge is -2.21. The summed E-state index contributed by atoms with van der Waals surface area (Å²) < 4.78 is 13.3. The van der Waals surface area contributed by atoms with E-state index < -0.39 is 11.8 Å². The fraction of sp³-hybridized carbons (Fsp3) is 0.222. The van der Waals surface area contributed by atoms with Gasteiger partial charge in [0.05, 0.1) is 21.7 Å². The Kier molecular flexibility index (Phi) is 5.41. The molecule has 1 aromatic heterocycles. The minimum absolute atomic E-state index is 0.0838. The lowest BCUT2D eigenvalue weighted by Crippen LogP contribution is -2.21. The molecule has 0 fully saturated rings. The highest BCUT2D eigenvalue weighted by Gasteiger charge is 2.33. The van der Waals surface area contributed by atoms with Crippen molar-refractivity contribution in [3.8, 4) is 6.07 Å². The highest BCUT2D eigenvalue weighted by Crippen LogP contribution is 2.35. The van der Waals surface area contributed by atoms with Crippen molar-refractivity contribution < 1.29 is 14.0 Å². The van der Waals surface area contributed by atoms with Gasteiger partial charge < -0.3 is 0 Å². The molecule has 7 heteroatoms. The first-order valence-electron chi connectivity index (χ1n) is 7.54. The van der Waals surface area contributed by atoms with Crippen molar-refractivity contribution in [1.29, 1.82) is 5.26 Å². The second kappa shape index (κ2) is 7.72. The summed E-state index contributed by atoms with van der Waals surface area (Å²) >= 11 is 2.57. The number of rotatable bonds is 6. The van der Waals surface area contributed by atoms with Gasteiger partial charge in [0.25, 0.3) is 5.91 Å². The Morgan fingerprint density at radius 1 is 1.32 bits per heavy atom. The van der Waals surface area contributed by atoms with E-state index in [1.165, 1.54) is 35.2 Å². The number of ketones is 1. The maximum atomic E-state index is 13.3. The number of thioether (sulfide) groups is 1. The van der Waals surface area contributed by atoms with Gasteiger partial charge in [-0.15, -0.1) is 11.3 Å². The molecule has 0 unspecified atom stereocenters. The number of hydrogen-bond acceptors (Lipinski definition) is 5. The van der Waals surface area contributed by atoms with Gasteiger partial charge in [0.2, 0.25) is 0 Å². The number of halogens is 1. The molecule has 0 N–H and O–H groups in total. The van der Waals surface area contributed by atoms with Crippen LogP contribution in [0.5, 0.6) is 0 Å². The molecule has 0 saturated heterocycles. The zero-order valence-electron chi connectivity index (χ0n) is 13.0. The summed E-state index contributed by atoms with van der Waals surface area (Å²) in [4.78, 5) is 28.6. The Hall–Kier alpha value is -2.30. The van der Waals surface area contributed by atoms with E-state index in [9.17, 15) is 19.2 Å². The molecule has 2 aromatic rings. The van der Waals surface area contributed by atoms with Crippen LogP contribution >= 0.6 is 23.1 Å². The number of Topliss-reactive ketones (excluding diaryl/α,β-unsaturated/α-hetero) is 1. The van der Waals surface area contributed by atoms with Crippen LogP contribution in [0.4, 0.5) is 4.39 Å². The molecule has 1 aliphatic heterocycles. The van der Waals surface area contributed by atoms with Crippen molar-refractivity contribution in [3.05, 3.63) is 58.0 Å². The molecule has 0 bridgehead atoms. The maximum Gasteiger partial charge on any atom is 0.256 e. The molecule has 3 rings (SSSR count). The molecule has 1 amide bonds. The summed E-state index contributed by atoms with van der Waals surface area (Å²) in [5.74, 6) is -1.74. The van der Waals surface area contributed by atoms with Gasteiger partial charge in [-0.3, -0.25) is 9.59 Å². The van der Waals surface area contributed by atoms with Gasteiger partial charge in [-0.2, -0.15) is 5.26 Å². The molecule has 1 aromatic carbocycles. The molecular formula is C18H13FN2O2S2. The third kappa shape index (κ3) is 4.03. The van der Waals surface area contributed by atoms with Crippen LogP contribution < -0.4 is 0 Å². The second-order valence-electron chi connectivity index (χ2n) is 5.50. The van der Waals surface area contributed by atoms with Gasteiger partial charge >= 0.3 is 0 Å². The molecule has 0 aliphatic carbocycles. The van der Waals surface area contributed by atoms with Crippen LogP contribution in [0.25, 0.3) is 0 Å². The molecule has 4 nitrogen and oxygen atoms in total. The first-order valence-corrected chi connectivity index (χ1v) is 9.41. The topological polar surface area (TPSA) is 70.3 Å². The fourth-order valence-corrected chi connectivity index (χ4v) is 4.25. The Labute approximate surface area is 152 Å². The van der Waals surface area contributed by atoms with Gasteiger partial charge in [-0.25, -0.2) is 9.38 Å². The molecule has 2 heterocycles. The van der Waals surface area contributed by atoms with E-state index in [0.29, 0.717) is 15.5 Å². The number of nitrogens with zero attached hydrogens (tertiary/aromatic N) is 2. The molecule has 0 saturated carbocycles. The molecule has 0 radical (unpaired) electrons. The number of nitriles is 1. The van der Waals surface area contributed by atoms with Crippen molar-refractivity contribution in [2.75, 3.05) is 5.75 Å². The van der Waals surface area contributed by atoms with Crippen LogP contribution in [-0.4, -0.2) is 22.5 Å². The summed E-state index contributed by atoms with van der Waals surface area (Å²) in [6, 6.07) is 11.5. The van der Waals surface area contributed by atoms with E-state index in [0.717, 1.165) is 0 Å². The Bertz CT molecular complexity index is 854. The number of aliphatic imine (C=N–C) groups is 1. The first-order chi connectivity index (χ1) is 12.1. The van der Waals surface area contributed by atoms with Gasteiger partial charge in [0.1, 0.15) is 11.7 Å². The van der Waals surface area contributed by atoms with Crippen LogP contribution in [0.3, 0.4) is 0 Å². The van der Waals surface area contributed by atoms with Gasteiger partial charge in [-0.1, -0.05) is 30.0 Å². The molecule has 25 heavy (non-hydrogen) atoms. The van der Waals surface area contributed by atoms with Gasteiger partial charge in [0, 0.05) is 12.3 Å². The van der Waals surface area contributed by atoms with E-state index in [2.05, 4.69) is 11.1 Å². The monoisotopic (exact) mass is 372 g/mol. The zero-order chi connectivity index (χ0) is 17.8. The summed E-state index contributed by atoms with van der Waals surface area (Å²) in [5.41, 5.74) is 0.681. The van der Waals surface area contributed by atoms with Crippen LogP contribution in [0.2, 0.25) is 0 Å². The standard InChI is InChI=1S/C18H13FN2O2S2/c19-12-5-3-11(4-6-12)13(8-15(22)16-2-1-7-24-16)14(9-20)18-21-17(23)10-25-18/h1-7,13-14H,8,10H2/t13-,14-/m1/s1. The zero-order valence-corrected chi connectivity index (χ0v) is 14.6. The maximum absolute atomic E-state index is 13.3. The first kappa shape index (κ1) is 17.5. The third-order valence-corrected chi connectivity index (χ3v) is 5.83. The highest BCUT2D eigenvalue weighted by molar-refractivity contribution is 8.15. The fourth-order valence-electron chi connectivity index (χ4n) is 2.68. The van der Waals surface area contributed by atoms with E-state index >= 15 is 0 Å². The predicted molar refractivity (Wildman–Crippen MR) is 96.4 cm³/mol. The highest BCUT2D eigenvalue weighted by atomic mass is 32.2. The molecule has 126 valence electrons. The Morgan fingerprint density at radius 3 is 2.64 bits per heavy atom. The lowest BCUT2D eigenvalue weighted by atomic mass is 9.83. The number of thiophene rings is 1. The number of benzene rings is 1. The molecular weight excluding hydrogens is 359 g/mol. The van der Waals surface area contributed by atoms with Crippen LogP contribution in [0, 0.1) is 23.1 Å². The minimum Gasteiger partial charge on any atom is -0.293 e. The Morgan fingerprint density at radius 2 is 2.08 bits per heavy atom. The normalized spacial score (nSPS) is 16.2. The molecule has 1 aliphatic rings. The number of carbonyl (C=O) groups excluding carboxylic acids is 2. The molecule has 2 atom stereocenters. The second-order valence-corrected chi connectivity index (χ2v) is 7.45. The lowest BCUT2D eigenvalue weighted by molar-refractivity contribution is -0.115. The van der Waals surface area contributed by atoms with Crippen molar-refractivity contribution in [1.82, 2.24) is 0 Å². The summed E-state index contributed by atoms with van der Waals surface area (Å²) in [7, 11) is 0.